The molecule has 0 heterocycles. The van der Waals surface area contributed by atoms with Crippen molar-refractivity contribution in [1.29, 1.82) is 0 Å². The van der Waals surface area contributed by atoms with Crippen molar-refractivity contribution >= 4 is 5.97 Å². The van der Waals surface area contributed by atoms with Gasteiger partial charge in [0.25, 0.3) is 0 Å². The summed E-state index contributed by atoms with van der Waals surface area (Å²) in [6.07, 6.45) is -0.190. The molecule has 0 aromatic carbocycles. The van der Waals surface area contributed by atoms with E-state index in [9.17, 15) is 18.1 Å². The van der Waals surface area contributed by atoms with Crippen LogP contribution >= 0.6 is 0 Å². The first kappa shape index (κ1) is 12.2. The Kier molecular flexibility index (Phi) is 4.76. The van der Waals surface area contributed by atoms with E-state index in [0.717, 1.165) is 0 Å². The lowest BCUT2D eigenvalue weighted by atomic mass is 10.3. The largest absolute Gasteiger partial charge is 0.458 e. The SMILES string of the molecule is CCC(C)OC(=O)C(F)(CF)OF. The zero-order valence-corrected chi connectivity index (χ0v) is 7.35. The molecule has 0 bridgehead atoms. The van der Waals surface area contributed by atoms with Gasteiger partial charge < -0.3 is 4.74 Å². The van der Waals surface area contributed by atoms with Gasteiger partial charge in [0.1, 0.15) is 0 Å². The van der Waals surface area contributed by atoms with Crippen LogP contribution in [0.4, 0.5) is 13.3 Å². The van der Waals surface area contributed by atoms with Gasteiger partial charge in [-0.25, -0.2) is 9.18 Å². The summed E-state index contributed by atoms with van der Waals surface area (Å²) in [5.74, 6) is -5.31. The van der Waals surface area contributed by atoms with E-state index < -0.39 is 24.6 Å². The van der Waals surface area contributed by atoms with E-state index in [4.69, 9.17) is 0 Å². The molecule has 2 unspecified atom stereocenters. The number of rotatable bonds is 5. The van der Waals surface area contributed by atoms with Gasteiger partial charge in [0.05, 0.1) is 6.10 Å². The van der Waals surface area contributed by atoms with E-state index >= 15 is 0 Å². The Bertz CT molecular complexity index is 170. The van der Waals surface area contributed by atoms with E-state index in [2.05, 4.69) is 9.68 Å². The number of esters is 1. The molecule has 0 aromatic heterocycles. The molecule has 0 fully saturated rings. The van der Waals surface area contributed by atoms with Crippen molar-refractivity contribution in [2.45, 2.75) is 32.2 Å². The van der Waals surface area contributed by atoms with Crippen LogP contribution in [-0.2, 0) is 14.5 Å². The maximum atomic E-state index is 12.7. The minimum absolute atomic E-state index is 0.417. The highest BCUT2D eigenvalue weighted by Crippen LogP contribution is 2.18. The number of alkyl halides is 2. The Hall–Kier alpha value is -0.780. The molecule has 0 spiro atoms. The summed E-state index contributed by atoms with van der Waals surface area (Å²) < 4.78 is 40.3. The standard InChI is InChI=1S/C7H11F3O3/c1-3-5(2)12-6(11)7(9,4-8)13-10/h5H,3-4H2,1-2H3. The van der Waals surface area contributed by atoms with Crippen LogP contribution in [0.15, 0.2) is 0 Å². The Morgan fingerprint density at radius 3 is 2.46 bits per heavy atom. The molecule has 2 atom stereocenters. The maximum Gasteiger partial charge on any atom is 0.378 e. The van der Waals surface area contributed by atoms with Crippen LogP contribution in [0.1, 0.15) is 20.3 Å². The molecular formula is C7H11F3O3. The average molecular weight is 200 g/mol. The van der Waals surface area contributed by atoms with Crippen LogP contribution < -0.4 is 0 Å². The molecule has 0 aliphatic heterocycles. The monoisotopic (exact) mass is 200 g/mol. The molecule has 0 aliphatic carbocycles. The number of hydrogen-bond donors (Lipinski definition) is 0. The highest BCUT2D eigenvalue weighted by Gasteiger charge is 2.44. The Labute approximate surface area is 73.7 Å². The third kappa shape index (κ3) is 3.22. The summed E-state index contributed by atoms with van der Waals surface area (Å²) >= 11 is 0. The molecular weight excluding hydrogens is 189 g/mol. The normalized spacial score (nSPS) is 17.6. The fraction of sp³-hybridized carbons (Fsp3) is 0.857. The number of hydrogen-bond acceptors (Lipinski definition) is 3. The third-order valence-electron chi connectivity index (χ3n) is 1.48. The molecule has 0 rings (SSSR count). The van der Waals surface area contributed by atoms with Gasteiger partial charge in [0.2, 0.25) is 0 Å². The van der Waals surface area contributed by atoms with Crippen molar-refractivity contribution in [3.05, 3.63) is 0 Å². The number of carbonyl (C=O) groups is 1. The molecule has 0 aromatic rings. The fourth-order valence-corrected chi connectivity index (χ4v) is 0.461. The van der Waals surface area contributed by atoms with Gasteiger partial charge in [-0.05, 0) is 17.9 Å². The smallest absolute Gasteiger partial charge is 0.378 e. The molecule has 0 aliphatic rings. The van der Waals surface area contributed by atoms with Gasteiger partial charge in [-0.15, -0.1) is 4.94 Å². The van der Waals surface area contributed by atoms with Crippen molar-refractivity contribution < 1.29 is 27.8 Å². The van der Waals surface area contributed by atoms with E-state index in [-0.39, 0.29) is 0 Å². The van der Waals surface area contributed by atoms with E-state index in [1.807, 2.05) is 0 Å². The molecule has 78 valence electrons. The zero-order chi connectivity index (χ0) is 10.5. The highest BCUT2D eigenvalue weighted by atomic mass is 19.3. The van der Waals surface area contributed by atoms with Gasteiger partial charge >= 0.3 is 11.8 Å². The van der Waals surface area contributed by atoms with Gasteiger partial charge in [0, 0.05) is 0 Å². The van der Waals surface area contributed by atoms with E-state index in [1.165, 1.54) is 6.92 Å². The van der Waals surface area contributed by atoms with Crippen LogP contribution in [0.25, 0.3) is 0 Å². The topological polar surface area (TPSA) is 35.5 Å². The molecule has 0 N–H and O–H groups in total. The molecule has 0 radical (unpaired) electrons. The first-order valence-electron chi connectivity index (χ1n) is 3.75. The molecule has 6 heteroatoms. The number of halogens is 3. The highest BCUT2D eigenvalue weighted by molar-refractivity contribution is 5.77. The van der Waals surface area contributed by atoms with E-state index in [0.29, 0.717) is 6.42 Å². The molecule has 3 nitrogen and oxygen atoms in total. The predicted molar refractivity (Wildman–Crippen MR) is 37.9 cm³/mol. The third-order valence-corrected chi connectivity index (χ3v) is 1.48. The summed E-state index contributed by atoms with van der Waals surface area (Å²) in [4.78, 5) is 13.3. The molecule has 13 heavy (non-hydrogen) atoms. The first-order valence-corrected chi connectivity index (χ1v) is 3.75. The van der Waals surface area contributed by atoms with Gasteiger partial charge in [0.15, 0.2) is 6.67 Å². The van der Waals surface area contributed by atoms with Crippen molar-refractivity contribution in [1.82, 2.24) is 0 Å². The first-order chi connectivity index (χ1) is 6.00. The van der Waals surface area contributed by atoms with Crippen LogP contribution in [0.3, 0.4) is 0 Å². The van der Waals surface area contributed by atoms with Crippen molar-refractivity contribution in [2.75, 3.05) is 6.67 Å². The quantitative estimate of drug-likeness (QED) is 0.635. The minimum Gasteiger partial charge on any atom is -0.458 e. The average Bonchev–Trinajstić information content (AvgIpc) is 2.16. The predicted octanol–water partition coefficient (Wildman–Crippen LogP) is 1.86. The van der Waals surface area contributed by atoms with E-state index in [1.54, 1.807) is 6.92 Å². The summed E-state index contributed by atoms with van der Waals surface area (Å²) in [6.45, 7) is 1.22. The lowest BCUT2D eigenvalue weighted by Crippen LogP contribution is -2.40. The summed E-state index contributed by atoms with van der Waals surface area (Å²) in [7, 11) is 0. The van der Waals surface area contributed by atoms with Crippen molar-refractivity contribution in [3.8, 4) is 0 Å². The molecule has 0 amide bonds. The lowest BCUT2D eigenvalue weighted by Gasteiger charge is -2.17. The maximum absolute atomic E-state index is 12.7. The summed E-state index contributed by atoms with van der Waals surface area (Å²) in [5, 5.41) is 0. The fourth-order valence-electron chi connectivity index (χ4n) is 0.461. The Morgan fingerprint density at radius 1 is 1.62 bits per heavy atom. The lowest BCUT2D eigenvalue weighted by molar-refractivity contribution is -0.295. The number of ether oxygens (including phenoxy) is 1. The van der Waals surface area contributed by atoms with Gasteiger partial charge in [-0.2, -0.15) is 4.39 Å². The van der Waals surface area contributed by atoms with Crippen LogP contribution in [0, 0.1) is 0 Å². The summed E-state index contributed by atoms with van der Waals surface area (Å²) in [6, 6.07) is 0. The second kappa shape index (κ2) is 5.06. The zero-order valence-electron chi connectivity index (χ0n) is 7.35. The van der Waals surface area contributed by atoms with Crippen LogP contribution in [0.2, 0.25) is 0 Å². The van der Waals surface area contributed by atoms with Gasteiger partial charge in [-0.3, -0.25) is 0 Å². The molecule has 0 saturated carbocycles. The number of carbonyl (C=O) groups excluding carboxylic acids is 1. The Morgan fingerprint density at radius 2 is 2.15 bits per heavy atom. The van der Waals surface area contributed by atoms with Crippen molar-refractivity contribution in [2.24, 2.45) is 0 Å². The van der Waals surface area contributed by atoms with Crippen molar-refractivity contribution in [3.63, 3.8) is 0 Å². The Balaban J connectivity index is 4.22. The van der Waals surface area contributed by atoms with Gasteiger partial charge in [-0.1, -0.05) is 6.92 Å². The minimum atomic E-state index is -3.62. The second-order valence-electron chi connectivity index (χ2n) is 2.56. The molecule has 0 saturated heterocycles. The van der Waals surface area contributed by atoms with Crippen LogP contribution in [0.5, 0.6) is 0 Å². The second-order valence-corrected chi connectivity index (χ2v) is 2.56. The van der Waals surface area contributed by atoms with Crippen LogP contribution in [-0.4, -0.2) is 24.6 Å². The summed E-state index contributed by atoms with van der Waals surface area (Å²) in [5.41, 5.74) is 0.